The summed E-state index contributed by atoms with van der Waals surface area (Å²) in [5, 5.41) is 0. The molecule has 5 heteroatoms. The average Bonchev–Trinajstić information content (AvgIpc) is 2.70. The van der Waals surface area contributed by atoms with Gasteiger partial charge in [0.05, 0.1) is 20.1 Å². The molecule has 0 saturated carbocycles. The lowest BCUT2D eigenvalue weighted by molar-refractivity contribution is -0.145. The van der Waals surface area contributed by atoms with Gasteiger partial charge in [-0.25, -0.2) is 0 Å². The Balaban J connectivity index is 2.13. The van der Waals surface area contributed by atoms with E-state index >= 15 is 0 Å². The third-order valence-electron chi connectivity index (χ3n) is 4.79. The van der Waals surface area contributed by atoms with Crippen LogP contribution in [0.5, 0.6) is 5.75 Å². The molecule has 0 N–H and O–H groups in total. The van der Waals surface area contributed by atoms with E-state index in [1.807, 2.05) is 6.07 Å². The number of allylic oxidation sites excluding steroid dienone is 1. The second-order valence-electron chi connectivity index (χ2n) is 6.77. The topological polar surface area (TPSA) is 55.8 Å². The van der Waals surface area contributed by atoms with Crippen molar-refractivity contribution >= 4 is 11.9 Å². The molecule has 0 aromatic heterocycles. The molecule has 0 aliphatic heterocycles. The SMILES string of the molecule is COC(=O)C(C)CN(CCC1=CCCCC1)C(=O)c1cccc(OC)c1. The summed E-state index contributed by atoms with van der Waals surface area (Å²) in [6.45, 7) is 2.73. The number of benzene rings is 1. The van der Waals surface area contributed by atoms with Crippen molar-refractivity contribution in [2.75, 3.05) is 27.3 Å². The summed E-state index contributed by atoms with van der Waals surface area (Å²) < 4.78 is 10.0. The molecular formula is C21H29NO4. The normalized spacial score (nSPS) is 15.0. The Kier molecular flexibility index (Phi) is 7.70. The zero-order chi connectivity index (χ0) is 18.9. The van der Waals surface area contributed by atoms with Crippen LogP contribution in [-0.2, 0) is 9.53 Å². The molecule has 26 heavy (non-hydrogen) atoms. The maximum absolute atomic E-state index is 13.0. The number of rotatable bonds is 8. The first-order valence-corrected chi connectivity index (χ1v) is 9.24. The molecular weight excluding hydrogens is 330 g/mol. The molecule has 2 rings (SSSR count). The van der Waals surface area contributed by atoms with Gasteiger partial charge in [0.1, 0.15) is 5.75 Å². The summed E-state index contributed by atoms with van der Waals surface area (Å²) in [6, 6.07) is 7.13. The van der Waals surface area contributed by atoms with E-state index in [2.05, 4.69) is 6.08 Å². The first-order chi connectivity index (χ1) is 12.5. The summed E-state index contributed by atoms with van der Waals surface area (Å²) in [5.74, 6) is -0.108. The molecule has 0 bridgehead atoms. The van der Waals surface area contributed by atoms with Crippen molar-refractivity contribution in [1.29, 1.82) is 0 Å². The number of amides is 1. The van der Waals surface area contributed by atoms with Crippen molar-refractivity contribution in [1.82, 2.24) is 4.90 Å². The van der Waals surface area contributed by atoms with Crippen molar-refractivity contribution in [3.63, 3.8) is 0 Å². The number of hydrogen-bond donors (Lipinski definition) is 0. The van der Waals surface area contributed by atoms with Gasteiger partial charge >= 0.3 is 5.97 Å². The van der Waals surface area contributed by atoms with Crippen molar-refractivity contribution < 1.29 is 19.1 Å². The number of hydrogen-bond acceptors (Lipinski definition) is 4. The summed E-state index contributed by atoms with van der Waals surface area (Å²) in [5.41, 5.74) is 1.98. The second kappa shape index (κ2) is 10.00. The Morgan fingerprint density at radius 1 is 1.23 bits per heavy atom. The van der Waals surface area contributed by atoms with E-state index in [1.165, 1.54) is 25.5 Å². The molecule has 0 heterocycles. The lowest BCUT2D eigenvalue weighted by Gasteiger charge is -2.26. The van der Waals surface area contributed by atoms with Crippen LogP contribution in [0.3, 0.4) is 0 Å². The third kappa shape index (κ3) is 5.61. The molecule has 1 aromatic rings. The Morgan fingerprint density at radius 2 is 2.04 bits per heavy atom. The van der Waals surface area contributed by atoms with Gasteiger partial charge in [0.2, 0.25) is 0 Å². The van der Waals surface area contributed by atoms with Crippen LogP contribution >= 0.6 is 0 Å². The minimum absolute atomic E-state index is 0.0870. The highest BCUT2D eigenvalue weighted by Crippen LogP contribution is 2.22. The van der Waals surface area contributed by atoms with Gasteiger partial charge in [-0.15, -0.1) is 0 Å². The fraction of sp³-hybridized carbons (Fsp3) is 0.524. The number of ether oxygens (including phenoxy) is 2. The molecule has 0 spiro atoms. The van der Waals surface area contributed by atoms with E-state index in [4.69, 9.17) is 9.47 Å². The van der Waals surface area contributed by atoms with E-state index in [9.17, 15) is 9.59 Å². The zero-order valence-electron chi connectivity index (χ0n) is 16.0. The van der Waals surface area contributed by atoms with E-state index in [1.54, 1.807) is 37.1 Å². The fourth-order valence-corrected chi connectivity index (χ4v) is 3.23. The van der Waals surface area contributed by atoms with Gasteiger partial charge < -0.3 is 14.4 Å². The van der Waals surface area contributed by atoms with E-state index < -0.39 is 0 Å². The fourth-order valence-electron chi connectivity index (χ4n) is 3.23. The standard InChI is InChI=1S/C21H29NO4/c1-16(21(24)26-3)15-22(13-12-17-8-5-4-6-9-17)20(23)18-10-7-11-19(14-18)25-2/h7-8,10-11,14,16H,4-6,9,12-13,15H2,1-3H3. The van der Waals surface area contributed by atoms with Crippen LogP contribution < -0.4 is 4.74 Å². The molecule has 1 aliphatic carbocycles. The Labute approximate surface area is 156 Å². The maximum Gasteiger partial charge on any atom is 0.310 e. The van der Waals surface area contributed by atoms with E-state index in [-0.39, 0.29) is 17.8 Å². The quantitative estimate of drug-likeness (QED) is 0.523. The Morgan fingerprint density at radius 3 is 2.69 bits per heavy atom. The molecule has 5 nitrogen and oxygen atoms in total. The van der Waals surface area contributed by atoms with Crippen molar-refractivity contribution in [2.24, 2.45) is 5.92 Å². The van der Waals surface area contributed by atoms with Crippen LogP contribution in [-0.4, -0.2) is 44.1 Å². The molecule has 1 amide bonds. The summed E-state index contributed by atoms with van der Waals surface area (Å²) in [7, 11) is 2.95. The number of carbonyl (C=O) groups excluding carboxylic acids is 2. The molecule has 1 aromatic carbocycles. The highest BCUT2D eigenvalue weighted by atomic mass is 16.5. The highest BCUT2D eigenvalue weighted by molar-refractivity contribution is 5.94. The van der Waals surface area contributed by atoms with Crippen molar-refractivity contribution in [3.05, 3.63) is 41.5 Å². The molecule has 0 fully saturated rings. The van der Waals surface area contributed by atoms with Crippen molar-refractivity contribution in [2.45, 2.75) is 39.0 Å². The predicted octanol–water partition coefficient (Wildman–Crippen LogP) is 3.84. The monoisotopic (exact) mass is 359 g/mol. The van der Waals surface area contributed by atoms with Gasteiger partial charge in [0.15, 0.2) is 0 Å². The summed E-state index contributed by atoms with van der Waals surface area (Å²) in [6.07, 6.45) is 7.83. The molecule has 1 atom stereocenters. The Hall–Kier alpha value is -2.30. The number of nitrogens with zero attached hydrogens (tertiary/aromatic N) is 1. The van der Waals surface area contributed by atoms with Crippen LogP contribution in [0.1, 0.15) is 49.4 Å². The third-order valence-corrected chi connectivity index (χ3v) is 4.79. The van der Waals surface area contributed by atoms with E-state index in [0.29, 0.717) is 24.4 Å². The first-order valence-electron chi connectivity index (χ1n) is 9.24. The minimum atomic E-state index is -0.366. The van der Waals surface area contributed by atoms with Crippen LogP contribution in [0.4, 0.5) is 0 Å². The Bertz CT molecular complexity index is 653. The van der Waals surface area contributed by atoms with Gasteiger partial charge in [0, 0.05) is 18.7 Å². The summed E-state index contributed by atoms with van der Waals surface area (Å²) >= 11 is 0. The highest BCUT2D eigenvalue weighted by Gasteiger charge is 2.23. The van der Waals surface area contributed by atoms with Crippen LogP contribution in [0, 0.1) is 5.92 Å². The van der Waals surface area contributed by atoms with Gasteiger partial charge in [-0.2, -0.15) is 0 Å². The largest absolute Gasteiger partial charge is 0.497 e. The number of esters is 1. The first kappa shape index (κ1) is 20.0. The second-order valence-corrected chi connectivity index (χ2v) is 6.77. The van der Waals surface area contributed by atoms with Gasteiger partial charge in [0.25, 0.3) is 5.91 Å². The molecule has 0 radical (unpaired) electrons. The number of carbonyl (C=O) groups is 2. The smallest absolute Gasteiger partial charge is 0.310 e. The molecule has 142 valence electrons. The van der Waals surface area contributed by atoms with Gasteiger partial charge in [-0.05, 0) is 50.3 Å². The van der Waals surface area contributed by atoms with Gasteiger partial charge in [-0.1, -0.05) is 24.6 Å². The van der Waals surface area contributed by atoms with Crippen molar-refractivity contribution in [3.8, 4) is 5.75 Å². The lowest BCUT2D eigenvalue weighted by Crippen LogP contribution is -2.38. The van der Waals surface area contributed by atoms with E-state index in [0.717, 1.165) is 19.3 Å². The molecule has 1 unspecified atom stereocenters. The predicted molar refractivity (Wildman–Crippen MR) is 101 cm³/mol. The van der Waals surface area contributed by atoms with Crippen LogP contribution in [0.15, 0.2) is 35.9 Å². The molecule has 1 aliphatic rings. The number of methoxy groups -OCH3 is 2. The zero-order valence-corrected chi connectivity index (χ0v) is 16.0. The van der Waals surface area contributed by atoms with Gasteiger partial charge in [-0.3, -0.25) is 9.59 Å². The van der Waals surface area contributed by atoms with Crippen LogP contribution in [0.2, 0.25) is 0 Å². The average molecular weight is 359 g/mol. The van der Waals surface area contributed by atoms with Crippen LogP contribution in [0.25, 0.3) is 0 Å². The minimum Gasteiger partial charge on any atom is -0.497 e. The maximum atomic E-state index is 13.0. The molecule has 0 saturated heterocycles. The lowest BCUT2D eigenvalue weighted by atomic mass is 9.97. The summed E-state index contributed by atoms with van der Waals surface area (Å²) in [4.78, 5) is 26.6.